The van der Waals surface area contributed by atoms with Gasteiger partial charge >= 0.3 is 0 Å². The van der Waals surface area contributed by atoms with Gasteiger partial charge in [-0.25, -0.2) is 0 Å². The number of hydrogen-bond acceptors (Lipinski definition) is 2. The Kier molecular flexibility index (Phi) is 4.00. The molecule has 0 spiro atoms. The monoisotopic (exact) mass is 253 g/mol. The molecule has 0 saturated heterocycles. The predicted molar refractivity (Wildman–Crippen MR) is 79.5 cm³/mol. The second-order valence-corrected chi connectivity index (χ2v) is 4.82. The molecule has 0 fully saturated rings. The second kappa shape index (κ2) is 5.70. The number of nitrogens with two attached hydrogens (primary N) is 1. The lowest BCUT2D eigenvalue weighted by molar-refractivity contribution is 0.103. The van der Waals surface area contributed by atoms with Gasteiger partial charge in [0.15, 0.2) is 5.78 Å². The molecule has 0 aliphatic carbocycles. The van der Waals surface area contributed by atoms with Gasteiger partial charge in [0.05, 0.1) is 0 Å². The lowest BCUT2D eigenvalue weighted by atomic mass is 9.96. The first-order valence-electron chi connectivity index (χ1n) is 6.62. The van der Waals surface area contributed by atoms with Crippen molar-refractivity contribution in [1.29, 1.82) is 0 Å². The largest absolute Gasteiger partial charge is 0.398 e. The summed E-state index contributed by atoms with van der Waals surface area (Å²) in [5.74, 6) is -0.00125. The number of carbonyl (C=O) groups excluding carboxylic acids is 1. The van der Waals surface area contributed by atoms with Gasteiger partial charge in [0, 0.05) is 16.8 Å². The molecule has 98 valence electrons. The predicted octanol–water partition coefficient (Wildman–Crippen LogP) is 3.76. The molecule has 0 heterocycles. The molecule has 0 amide bonds. The zero-order valence-electron chi connectivity index (χ0n) is 11.4. The van der Waals surface area contributed by atoms with Crippen LogP contribution in [-0.2, 0) is 6.42 Å². The fourth-order valence-corrected chi connectivity index (χ4v) is 2.26. The van der Waals surface area contributed by atoms with Crippen molar-refractivity contribution in [3.8, 4) is 0 Å². The minimum atomic E-state index is -0.00125. The highest BCUT2D eigenvalue weighted by atomic mass is 16.1. The minimum absolute atomic E-state index is 0.00125. The van der Waals surface area contributed by atoms with Crippen molar-refractivity contribution >= 4 is 11.5 Å². The minimum Gasteiger partial charge on any atom is -0.398 e. The van der Waals surface area contributed by atoms with Gasteiger partial charge in [0.2, 0.25) is 0 Å². The van der Waals surface area contributed by atoms with Crippen molar-refractivity contribution < 1.29 is 4.79 Å². The molecule has 0 unspecified atom stereocenters. The van der Waals surface area contributed by atoms with Crippen LogP contribution in [0.3, 0.4) is 0 Å². The SMILES string of the molecule is CCCc1ccc(C(=O)c2c(C)cccc2N)cc1. The van der Waals surface area contributed by atoms with E-state index in [0.29, 0.717) is 16.8 Å². The standard InChI is InChI=1S/C17H19NO/c1-3-5-13-8-10-14(11-9-13)17(19)16-12(2)6-4-7-15(16)18/h4,6-11H,3,5,18H2,1-2H3. The van der Waals surface area contributed by atoms with Crippen LogP contribution < -0.4 is 5.73 Å². The molecule has 0 radical (unpaired) electrons. The molecule has 0 atom stereocenters. The molecule has 0 aliphatic rings. The molecular formula is C17H19NO. The quantitative estimate of drug-likeness (QED) is 0.666. The summed E-state index contributed by atoms with van der Waals surface area (Å²) < 4.78 is 0. The molecule has 2 rings (SSSR count). The maximum Gasteiger partial charge on any atom is 0.195 e. The Morgan fingerprint density at radius 3 is 2.37 bits per heavy atom. The number of benzene rings is 2. The molecule has 0 aromatic heterocycles. The maximum absolute atomic E-state index is 12.5. The summed E-state index contributed by atoms with van der Waals surface area (Å²) in [7, 11) is 0. The molecular weight excluding hydrogens is 234 g/mol. The van der Waals surface area contributed by atoms with Gasteiger partial charge in [0.25, 0.3) is 0 Å². The van der Waals surface area contributed by atoms with Crippen LogP contribution in [0.25, 0.3) is 0 Å². The fraction of sp³-hybridized carbons (Fsp3) is 0.235. The van der Waals surface area contributed by atoms with E-state index in [1.165, 1.54) is 5.56 Å². The van der Waals surface area contributed by atoms with E-state index in [4.69, 9.17) is 5.73 Å². The third-order valence-electron chi connectivity index (χ3n) is 3.29. The molecule has 2 aromatic carbocycles. The second-order valence-electron chi connectivity index (χ2n) is 4.82. The number of rotatable bonds is 4. The van der Waals surface area contributed by atoms with Crippen LogP contribution in [0.2, 0.25) is 0 Å². The Morgan fingerprint density at radius 2 is 1.79 bits per heavy atom. The summed E-state index contributed by atoms with van der Waals surface area (Å²) >= 11 is 0. The first kappa shape index (κ1) is 13.3. The highest BCUT2D eigenvalue weighted by Crippen LogP contribution is 2.20. The summed E-state index contributed by atoms with van der Waals surface area (Å²) in [5, 5.41) is 0. The highest BCUT2D eigenvalue weighted by molar-refractivity contribution is 6.13. The average molecular weight is 253 g/mol. The number of carbonyl (C=O) groups is 1. The van der Waals surface area contributed by atoms with Crippen LogP contribution in [0.15, 0.2) is 42.5 Å². The molecule has 0 saturated carbocycles. The Hall–Kier alpha value is -2.09. The van der Waals surface area contributed by atoms with E-state index < -0.39 is 0 Å². The molecule has 2 N–H and O–H groups in total. The van der Waals surface area contributed by atoms with Gasteiger partial charge in [-0.15, -0.1) is 0 Å². The number of nitrogen functional groups attached to an aromatic ring is 1. The van der Waals surface area contributed by atoms with Crippen molar-refractivity contribution in [2.45, 2.75) is 26.7 Å². The van der Waals surface area contributed by atoms with E-state index in [1.807, 2.05) is 43.3 Å². The van der Waals surface area contributed by atoms with Crippen LogP contribution >= 0.6 is 0 Å². The normalized spacial score (nSPS) is 10.4. The number of aryl methyl sites for hydroxylation is 2. The first-order chi connectivity index (χ1) is 9.13. The lowest BCUT2D eigenvalue weighted by Gasteiger charge is -2.09. The van der Waals surface area contributed by atoms with Gasteiger partial charge < -0.3 is 5.73 Å². The molecule has 2 aromatic rings. The van der Waals surface area contributed by atoms with Crippen molar-refractivity contribution in [2.24, 2.45) is 0 Å². The van der Waals surface area contributed by atoms with E-state index in [-0.39, 0.29) is 5.78 Å². The summed E-state index contributed by atoms with van der Waals surface area (Å²) in [4.78, 5) is 12.5. The van der Waals surface area contributed by atoms with E-state index >= 15 is 0 Å². The van der Waals surface area contributed by atoms with Crippen LogP contribution in [0, 0.1) is 6.92 Å². The Morgan fingerprint density at radius 1 is 1.11 bits per heavy atom. The molecule has 0 aliphatic heterocycles. The lowest BCUT2D eigenvalue weighted by Crippen LogP contribution is -2.07. The third kappa shape index (κ3) is 2.84. The van der Waals surface area contributed by atoms with Crippen LogP contribution in [0.1, 0.15) is 40.4 Å². The van der Waals surface area contributed by atoms with E-state index in [0.717, 1.165) is 18.4 Å². The molecule has 2 nitrogen and oxygen atoms in total. The summed E-state index contributed by atoms with van der Waals surface area (Å²) in [5.41, 5.74) is 9.95. The van der Waals surface area contributed by atoms with E-state index in [2.05, 4.69) is 6.92 Å². The molecule has 0 bridgehead atoms. The van der Waals surface area contributed by atoms with Gasteiger partial charge in [-0.3, -0.25) is 4.79 Å². The molecule has 19 heavy (non-hydrogen) atoms. The summed E-state index contributed by atoms with van der Waals surface area (Å²) in [6.45, 7) is 4.06. The van der Waals surface area contributed by atoms with Crippen molar-refractivity contribution in [3.63, 3.8) is 0 Å². The molecule has 2 heteroatoms. The van der Waals surface area contributed by atoms with E-state index in [1.54, 1.807) is 6.07 Å². The first-order valence-corrected chi connectivity index (χ1v) is 6.62. The van der Waals surface area contributed by atoms with Gasteiger partial charge in [-0.2, -0.15) is 0 Å². The summed E-state index contributed by atoms with van der Waals surface area (Å²) in [6, 6.07) is 13.4. The van der Waals surface area contributed by atoms with Crippen molar-refractivity contribution in [3.05, 3.63) is 64.7 Å². The Balaban J connectivity index is 2.34. The van der Waals surface area contributed by atoms with Gasteiger partial charge in [0.1, 0.15) is 0 Å². The van der Waals surface area contributed by atoms with Crippen molar-refractivity contribution in [1.82, 2.24) is 0 Å². The Bertz CT molecular complexity index is 564. The third-order valence-corrected chi connectivity index (χ3v) is 3.29. The van der Waals surface area contributed by atoms with E-state index in [9.17, 15) is 4.79 Å². The average Bonchev–Trinajstić information content (AvgIpc) is 2.39. The van der Waals surface area contributed by atoms with Crippen LogP contribution in [-0.4, -0.2) is 5.78 Å². The topological polar surface area (TPSA) is 43.1 Å². The number of hydrogen-bond donors (Lipinski definition) is 1. The van der Waals surface area contributed by atoms with Crippen molar-refractivity contribution in [2.75, 3.05) is 5.73 Å². The van der Waals surface area contributed by atoms with Crippen LogP contribution in [0.4, 0.5) is 5.69 Å². The van der Waals surface area contributed by atoms with Gasteiger partial charge in [-0.05, 0) is 30.5 Å². The zero-order valence-corrected chi connectivity index (χ0v) is 11.4. The van der Waals surface area contributed by atoms with Crippen LogP contribution in [0.5, 0.6) is 0 Å². The fourth-order valence-electron chi connectivity index (χ4n) is 2.26. The maximum atomic E-state index is 12.5. The zero-order chi connectivity index (χ0) is 13.8. The Labute approximate surface area is 114 Å². The van der Waals surface area contributed by atoms with Gasteiger partial charge in [-0.1, -0.05) is 49.7 Å². The smallest absolute Gasteiger partial charge is 0.195 e. The number of anilines is 1. The number of ketones is 1. The summed E-state index contributed by atoms with van der Waals surface area (Å²) in [6.07, 6.45) is 2.15. The highest BCUT2D eigenvalue weighted by Gasteiger charge is 2.14.